The lowest BCUT2D eigenvalue weighted by molar-refractivity contribution is 0.0950. The average Bonchev–Trinajstić information content (AvgIpc) is 3.20. The number of fused-ring (bicyclic) bond motifs is 1. The van der Waals surface area contributed by atoms with Crippen LogP contribution in [-0.4, -0.2) is 27.7 Å². The second kappa shape index (κ2) is 8.41. The summed E-state index contributed by atoms with van der Waals surface area (Å²) in [5, 5.41) is 14.2. The summed E-state index contributed by atoms with van der Waals surface area (Å²) in [7, 11) is 0. The molecule has 0 aliphatic carbocycles. The van der Waals surface area contributed by atoms with Gasteiger partial charge in [-0.3, -0.25) is 14.2 Å². The fraction of sp³-hybridized carbons (Fsp3) is 0. The Morgan fingerprint density at radius 1 is 1.03 bits per heavy atom. The van der Waals surface area contributed by atoms with E-state index in [4.69, 9.17) is 11.6 Å². The first-order chi connectivity index (χ1) is 14.9. The van der Waals surface area contributed by atoms with Gasteiger partial charge in [0.2, 0.25) is 0 Å². The summed E-state index contributed by atoms with van der Waals surface area (Å²) in [4.78, 5) is 25.0. The van der Waals surface area contributed by atoms with E-state index in [9.17, 15) is 19.1 Å². The molecule has 1 aromatic heterocycles. The number of carbonyl (C=O) groups excluding carboxylic acids is 2. The molecular formula is C23H15ClFN3O3. The van der Waals surface area contributed by atoms with Crippen molar-refractivity contribution in [2.45, 2.75) is 0 Å². The molecule has 31 heavy (non-hydrogen) atoms. The molecule has 0 spiro atoms. The topological polar surface area (TPSA) is 83.7 Å². The van der Waals surface area contributed by atoms with Gasteiger partial charge in [0.25, 0.3) is 11.8 Å². The molecule has 0 saturated carbocycles. The Bertz CT molecular complexity index is 1330. The van der Waals surface area contributed by atoms with Crippen molar-refractivity contribution in [2.75, 3.05) is 0 Å². The van der Waals surface area contributed by atoms with E-state index in [1.807, 2.05) is 0 Å². The number of phenolic OH excluding ortho intramolecular Hbond substituents is 1. The molecule has 154 valence electrons. The normalized spacial score (nSPS) is 11.2. The largest absolute Gasteiger partial charge is 0.506 e. The van der Waals surface area contributed by atoms with Gasteiger partial charge in [-0.2, -0.15) is 5.10 Å². The molecule has 2 N–H and O–H groups in total. The zero-order chi connectivity index (χ0) is 22.0. The number of nitrogens with zero attached hydrogens (tertiary/aromatic N) is 2. The first kappa shape index (κ1) is 20.3. The number of hydrazone groups is 1. The number of rotatable bonds is 4. The first-order valence-corrected chi connectivity index (χ1v) is 9.54. The van der Waals surface area contributed by atoms with Gasteiger partial charge in [-0.25, -0.2) is 9.82 Å². The summed E-state index contributed by atoms with van der Waals surface area (Å²) in [5.41, 5.74) is 4.34. The molecule has 0 saturated heterocycles. The number of hydrogen-bond acceptors (Lipinski definition) is 4. The van der Waals surface area contributed by atoms with Crippen molar-refractivity contribution in [3.05, 3.63) is 100 Å². The van der Waals surface area contributed by atoms with E-state index in [0.717, 1.165) is 5.39 Å². The molecule has 8 heteroatoms. The summed E-state index contributed by atoms with van der Waals surface area (Å²) in [6, 6.07) is 16.5. The van der Waals surface area contributed by atoms with Crippen LogP contribution in [-0.2, 0) is 0 Å². The third-order valence-electron chi connectivity index (χ3n) is 4.66. The predicted molar refractivity (Wildman–Crippen MR) is 116 cm³/mol. The molecule has 6 nitrogen and oxygen atoms in total. The number of carbonyl (C=O) groups is 2. The molecular weight excluding hydrogens is 421 g/mol. The van der Waals surface area contributed by atoms with Crippen molar-refractivity contribution >= 4 is 40.5 Å². The van der Waals surface area contributed by atoms with E-state index < -0.39 is 11.7 Å². The molecule has 0 atom stereocenters. The van der Waals surface area contributed by atoms with Gasteiger partial charge in [0.1, 0.15) is 11.6 Å². The third kappa shape index (κ3) is 4.17. The monoisotopic (exact) mass is 435 g/mol. The highest BCUT2D eigenvalue weighted by atomic mass is 35.5. The van der Waals surface area contributed by atoms with Crippen LogP contribution in [0.4, 0.5) is 4.39 Å². The molecule has 0 unspecified atom stereocenters. The van der Waals surface area contributed by atoms with Crippen LogP contribution in [0.25, 0.3) is 10.9 Å². The van der Waals surface area contributed by atoms with Gasteiger partial charge in [-0.15, -0.1) is 0 Å². The minimum Gasteiger partial charge on any atom is -0.506 e. The van der Waals surface area contributed by atoms with E-state index in [1.165, 1.54) is 53.2 Å². The van der Waals surface area contributed by atoms with Gasteiger partial charge in [-0.1, -0.05) is 23.7 Å². The zero-order valence-corrected chi connectivity index (χ0v) is 16.7. The van der Waals surface area contributed by atoms with Crippen molar-refractivity contribution in [1.29, 1.82) is 0 Å². The predicted octanol–water partition coefficient (Wildman–Crippen LogP) is 4.59. The fourth-order valence-corrected chi connectivity index (χ4v) is 3.27. The smallest absolute Gasteiger partial charge is 0.271 e. The summed E-state index contributed by atoms with van der Waals surface area (Å²) >= 11 is 5.82. The quantitative estimate of drug-likeness (QED) is 0.363. The molecule has 0 aliphatic rings. The van der Waals surface area contributed by atoms with Crippen LogP contribution in [0.1, 0.15) is 26.3 Å². The molecule has 0 aliphatic heterocycles. The standard InChI is InChI=1S/C23H15ClFN3O3/c24-19-12-15(6-9-21(19)29)22(30)27-26-13-16-2-1-3-20-18(16)10-11-28(20)23(31)14-4-7-17(25)8-5-14/h1-13,29H,(H,27,30)/b26-13+. The Morgan fingerprint density at radius 3 is 2.52 bits per heavy atom. The molecule has 3 aromatic carbocycles. The number of hydrogen-bond donors (Lipinski definition) is 2. The van der Waals surface area contributed by atoms with Crippen LogP contribution in [0, 0.1) is 5.82 Å². The zero-order valence-electron chi connectivity index (χ0n) is 15.9. The maximum Gasteiger partial charge on any atom is 0.271 e. The number of phenols is 1. The van der Waals surface area contributed by atoms with Crippen molar-refractivity contribution in [3.63, 3.8) is 0 Å². The van der Waals surface area contributed by atoms with Crippen LogP contribution >= 0.6 is 11.6 Å². The first-order valence-electron chi connectivity index (χ1n) is 9.16. The molecule has 0 fully saturated rings. The van der Waals surface area contributed by atoms with E-state index in [2.05, 4.69) is 10.5 Å². The molecule has 0 bridgehead atoms. The van der Waals surface area contributed by atoms with Crippen LogP contribution < -0.4 is 5.43 Å². The Hall–Kier alpha value is -3.97. The van der Waals surface area contributed by atoms with Gasteiger partial charge in [0.15, 0.2) is 0 Å². The van der Waals surface area contributed by atoms with Crippen LogP contribution in [0.5, 0.6) is 5.75 Å². The minimum absolute atomic E-state index is 0.0635. The van der Waals surface area contributed by atoms with Gasteiger partial charge < -0.3 is 5.11 Å². The van der Waals surface area contributed by atoms with E-state index in [1.54, 1.807) is 30.5 Å². The maximum absolute atomic E-state index is 13.1. The minimum atomic E-state index is -0.491. The number of halogens is 2. The Balaban J connectivity index is 1.56. The number of aromatic hydroxyl groups is 1. The number of aromatic nitrogens is 1. The average molecular weight is 436 g/mol. The van der Waals surface area contributed by atoms with Gasteiger partial charge in [0.05, 0.1) is 16.8 Å². The second-order valence-electron chi connectivity index (χ2n) is 6.64. The van der Waals surface area contributed by atoms with Crippen LogP contribution in [0.2, 0.25) is 5.02 Å². The van der Waals surface area contributed by atoms with Crippen molar-refractivity contribution in [3.8, 4) is 5.75 Å². The summed E-state index contributed by atoms with van der Waals surface area (Å²) in [6.07, 6.45) is 3.10. The second-order valence-corrected chi connectivity index (χ2v) is 7.05. The van der Waals surface area contributed by atoms with E-state index >= 15 is 0 Å². The summed E-state index contributed by atoms with van der Waals surface area (Å²) in [5.74, 6) is -1.31. The number of nitrogens with one attached hydrogen (secondary N) is 1. The lowest BCUT2D eigenvalue weighted by Gasteiger charge is -2.05. The molecule has 1 heterocycles. The SMILES string of the molecule is O=C(N/N=C/c1cccc2c1ccn2C(=O)c1ccc(F)cc1)c1ccc(O)c(Cl)c1. The Kier molecular flexibility index (Phi) is 5.51. The number of benzene rings is 3. The third-order valence-corrected chi connectivity index (χ3v) is 4.96. The van der Waals surface area contributed by atoms with E-state index in [0.29, 0.717) is 16.6 Å². The van der Waals surface area contributed by atoms with Gasteiger partial charge >= 0.3 is 0 Å². The van der Waals surface area contributed by atoms with Crippen molar-refractivity contribution in [1.82, 2.24) is 9.99 Å². The molecule has 1 amide bonds. The van der Waals surface area contributed by atoms with Gasteiger partial charge in [0, 0.05) is 28.3 Å². The summed E-state index contributed by atoms with van der Waals surface area (Å²) < 4.78 is 14.6. The highest BCUT2D eigenvalue weighted by Crippen LogP contribution is 2.24. The molecule has 4 aromatic rings. The Morgan fingerprint density at radius 2 is 1.77 bits per heavy atom. The molecule has 4 rings (SSSR count). The lowest BCUT2D eigenvalue weighted by atomic mass is 10.1. The fourth-order valence-electron chi connectivity index (χ4n) is 3.09. The van der Waals surface area contributed by atoms with E-state index in [-0.39, 0.29) is 22.2 Å². The molecule has 0 radical (unpaired) electrons. The van der Waals surface area contributed by atoms with Crippen molar-refractivity contribution in [2.24, 2.45) is 5.10 Å². The van der Waals surface area contributed by atoms with Crippen molar-refractivity contribution < 1.29 is 19.1 Å². The highest BCUT2D eigenvalue weighted by Gasteiger charge is 2.13. The van der Waals surface area contributed by atoms with Crippen LogP contribution in [0.3, 0.4) is 0 Å². The lowest BCUT2D eigenvalue weighted by Crippen LogP contribution is -2.17. The summed E-state index contributed by atoms with van der Waals surface area (Å²) in [6.45, 7) is 0. The van der Waals surface area contributed by atoms with Crippen LogP contribution in [0.15, 0.2) is 78.0 Å². The Labute approximate surface area is 181 Å². The highest BCUT2D eigenvalue weighted by molar-refractivity contribution is 6.32. The maximum atomic E-state index is 13.1. The number of amides is 1. The van der Waals surface area contributed by atoms with Gasteiger partial charge in [-0.05, 0) is 54.6 Å².